The van der Waals surface area contributed by atoms with E-state index in [2.05, 4.69) is 0 Å². The van der Waals surface area contributed by atoms with Gasteiger partial charge in [-0.05, 0) is 46.8 Å². The molecule has 1 fully saturated rings. The summed E-state index contributed by atoms with van der Waals surface area (Å²) in [6.07, 6.45) is 0. The Bertz CT molecular complexity index is 398. The second kappa shape index (κ2) is 3.87. The molecule has 2 heterocycles. The lowest BCUT2D eigenvalue weighted by atomic mass is 9.77. The Morgan fingerprint density at radius 3 is 2.06 bits per heavy atom. The zero-order valence-corrected chi connectivity index (χ0v) is 11.1. The van der Waals surface area contributed by atoms with Gasteiger partial charge in [0.2, 0.25) is 0 Å². The van der Waals surface area contributed by atoms with Crippen LogP contribution in [0.25, 0.3) is 0 Å². The third kappa shape index (κ3) is 2.15. The summed E-state index contributed by atoms with van der Waals surface area (Å²) in [5, 5.41) is 0. The first-order chi connectivity index (χ1) is 7.73. The van der Waals surface area contributed by atoms with Crippen LogP contribution in [0, 0.1) is 6.92 Å². The topological polar surface area (TPSA) is 57.6 Å². The summed E-state index contributed by atoms with van der Waals surface area (Å²) >= 11 is 0. The Morgan fingerprint density at radius 2 is 1.65 bits per heavy atom. The highest BCUT2D eigenvalue weighted by molar-refractivity contribution is 6.47. The number of rotatable bonds is 2. The molecular formula is C12H20BNO3. The van der Waals surface area contributed by atoms with Gasteiger partial charge >= 0.3 is 7.12 Å². The van der Waals surface area contributed by atoms with E-state index in [-0.39, 0.29) is 11.2 Å². The van der Waals surface area contributed by atoms with E-state index in [0.717, 1.165) is 5.76 Å². The number of hydrogen-bond acceptors (Lipinski definition) is 4. The first kappa shape index (κ1) is 12.7. The van der Waals surface area contributed by atoms with Crippen molar-refractivity contribution in [2.45, 2.75) is 51.8 Å². The van der Waals surface area contributed by atoms with Crippen molar-refractivity contribution in [3.63, 3.8) is 0 Å². The molecule has 1 saturated heterocycles. The van der Waals surface area contributed by atoms with Crippen LogP contribution in [0.15, 0.2) is 16.5 Å². The lowest BCUT2D eigenvalue weighted by molar-refractivity contribution is 0.00578. The van der Waals surface area contributed by atoms with E-state index in [4.69, 9.17) is 19.5 Å². The lowest BCUT2D eigenvalue weighted by Gasteiger charge is -2.32. The van der Waals surface area contributed by atoms with Crippen molar-refractivity contribution in [3.8, 4) is 0 Å². The number of furan rings is 1. The molecule has 0 unspecified atom stereocenters. The fourth-order valence-corrected chi connectivity index (χ4v) is 1.80. The molecule has 1 aliphatic heterocycles. The minimum Gasteiger partial charge on any atom is -0.465 e. The standard InChI is InChI=1S/C12H20BNO3/c1-8-6-7-9(15-8)10(14)13-16-11(2,3)12(4,5)17-13/h6-7,10H,14H2,1-5H3/t10-/m1/s1. The van der Waals surface area contributed by atoms with E-state index in [0.29, 0.717) is 5.76 Å². The Balaban J connectivity index is 2.16. The Hall–Kier alpha value is -0.775. The highest BCUT2D eigenvalue weighted by Gasteiger charge is 2.53. The van der Waals surface area contributed by atoms with Crippen molar-refractivity contribution in [1.29, 1.82) is 0 Å². The van der Waals surface area contributed by atoms with Crippen molar-refractivity contribution in [3.05, 3.63) is 23.7 Å². The monoisotopic (exact) mass is 237 g/mol. The number of hydrogen-bond donors (Lipinski definition) is 1. The summed E-state index contributed by atoms with van der Waals surface area (Å²) in [6.45, 7) is 9.92. The normalized spacial score (nSPS) is 24.0. The third-order valence-corrected chi connectivity index (χ3v) is 3.65. The van der Waals surface area contributed by atoms with Gasteiger partial charge in [0.05, 0.1) is 17.1 Å². The Morgan fingerprint density at radius 1 is 1.12 bits per heavy atom. The first-order valence-electron chi connectivity index (χ1n) is 5.90. The predicted octanol–water partition coefficient (Wildman–Crippen LogP) is 2.22. The van der Waals surface area contributed by atoms with E-state index < -0.39 is 13.1 Å². The molecular weight excluding hydrogens is 217 g/mol. The van der Waals surface area contributed by atoms with Gasteiger partial charge < -0.3 is 19.5 Å². The molecule has 0 bridgehead atoms. The van der Waals surface area contributed by atoms with Crippen LogP contribution in [0.3, 0.4) is 0 Å². The molecule has 0 amide bonds. The zero-order valence-electron chi connectivity index (χ0n) is 11.1. The molecule has 0 saturated carbocycles. The van der Waals surface area contributed by atoms with Crippen LogP contribution in [0.1, 0.15) is 45.2 Å². The Labute approximate surface area is 103 Å². The van der Waals surface area contributed by atoms with Gasteiger partial charge in [-0.1, -0.05) is 0 Å². The van der Waals surface area contributed by atoms with Crippen LogP contribution in [-0.4, -0.2) is 18.3 Å². The molecule has 0 radical (unpaired) electrons. The van der Waals surface area contributed by atoms with Gasteiger partial charge in [0.25, 0.3) is 0 Å². The maximum atomic E-state index is 6.11. The van der Waals surface area contributed by atoms with Crippen molar-refractivity contribution in [2.75, 3.05) is 0 Å². The zero-order chi connectivity index (χ0) is 12.8. The van der Waals surface area contributed by atoms with Crippen LogP contribution < -0.4 is 5.73 Å². The third-order valence-electron chi connectivity index (χ3n) is 3.65. The fourth-order valence-electron chi connectivity index (χ4n) is 1.80. The summed E-state index contributed by atoms with van der Waals surface area (Å²) in [4.78, 5) is 0. The lowest BCUT2D eigenvalue weighted by Crippen LogP contribution is -2.41. The molecule has 1 atom stereocenters. The van der Waals surface area contributed by atoms with E-state index in [9.17, 15) is 0 Å². The molecule has 94 valence electrons. The molecule has 5 heteroatoms. The quantitative estimate of drug-likeness (QED) is 0.801. The predicted molar refractivity (Wildman–Crippen MR) is 66.5 cm³/mol. The van der Waals surface area contributed by atoms with Crippen LogP contribution >= 0.6 is 0 Å². The number of nitrogens with two attached hydrogens (primary N) is 1. The molecule has 2 rings (SSSR count). The van der Waals surface area contributed by atoms with E-state index in [1.807, 2.05) is 46.8 Å². The summed E-state index contributed by atoms with van der Waals surface area (Å²) in [6, 6.07) is 3.76. The summed E-state index contributed by atoms with van der Waals surface area (Å²) < 4.78 is 17.3. The molecule has 1 aromatic heterocycles. The van der Waals surface area contributed by atoms with Crippen molar-refractivity contribution in [2.24, 2.45) is 5.73 Å². The van der Waals surface area contributed by atoms with Crippen LogP contribution in [0.2, 0.25) is 0 Å². The SMILES string of the molecule is Cc1ccc([C@@H](N)B2OC(C)(C)C(C)(C)O2)o1. The van der Waals surface area contributed by atoms with Gasteiger partial charge in [-0.2, -0.15) is 0 Å². The van der Waals surface area contributed by atoms with Crippen LogP contribution in [0.5, 0.6) is 0 Å². The molecule has 1 aromatic rings. The maximum absolute atomic E-state index is 6.11. The van der Waals surface area contributed by atoms with E-state index in [1.165, 1.54) is 0 Å². The molecule has 17 heavy (non-hydrogen) atoms. The smallest absolute Gasteiger partial charge is 0.465 e. The summed E-state index contributed by atoms with van der Waals surface area (Å²) in [7, 11) is -0.467. The maximum Gasteiger partial charge on any atom is 0.483 e. The van der Waals surface area contributed by atoms with Gasteiger partial charge in [0.15, 0.2) is 0 Å². The minimum atomic E-state index is -0.467. The average Bonchev–Trinajstić information content (AvgIpc) is 2.69. The van der Waals surface area contributed by atoms with Crippen LogP contribution in [0.4, 0.5) is 0 Å². The fraction of sp³-hybridized carbons (Fsp3) is 0.667. The van der Waals surface area contributed by atoms with Gasteiger partial charge in [0, 0.05) is 0 Å². The van der Waals surface area contributed by atoms with Crippen molar-refractivity contribution < 1.29 is 13.7 Å². The molecule has 2 N–H and O–H groups in total. The van der Waals surface area contributed by atoms with Gasteiger partial charge in [-0.3, -0.25) is 0 Å². The largest absolute Gasteiger partial charge is 0.483 e. The second-order valence-electron chi connectivity index (χ2n) is 5.60. The van der Waals surface area contributed by atoms with Gasteiger partial charge in [-0.25, -0.2) is 0 Å². The summed E-state index contributed by atoms with van der Waals surface area (Å²) in [5.41, 5.74) is 5.38. The van der Waals surface area contributed by atoms with Gasteiger partial charge in [0.1, 0.15) is 11.5 Å². The summed E-state index contributed by atoms with van der Waals surface area (Å²) in [5.74, 6) is 1.14. The average molecular weight is 237 g/mol. The Kier molecular flexibility index (Phi) is 2.88. The highest BCUT2D eigenvalue weighted by Crippen LogP contribution is 2.39. The molecule has 1 aliphatic rings. The van der Waals surface area contributed by atoms with E-state index in [1.54, 1.807) is 0 Å². The van der Waals surface area contributed by atoms with Crippen molar-refractivity contribution >= 4 is 7.12 Å². The van der Waals surface area contributed by atoms with E-state index >= 15 is 0 Å². The van der Waals surface area contributed by atoms with Gasteiger partial charge in [-0.15, -0.1) is 0 Å². The van der Waals surface area contributed by atoms with Crippen molar-refractivity contribution in [1.82, 2.24) is 0 Å². The molecule has 4 nitrogen and oxygen atoms in total. The molecule has 0 aromatic carbocycles. The molecule has 0 aliphatic carbocycles. The van der Waals surface area contributed by atoms with Crippen LogP contribution in [-0.2, 0) is 9.31 Å². The second-order valence-corrected chi connectivity index (χ2v) is 5.60. The highest BCUT2D eigenvalue weighted by atomic mass is 16.7. The first-order valence-corrected chi connectivity index (χ1v) is 5.90. The minimum absolute atomic E-state index is 0.364. The molecule has 0 spiro atoms. The number of aryl methyl sites for hydroxylation is 1.